The number of esters is 1. The zero-order chi connectivity index (χ0) is 31.2. The number of benzene rings is 2. The number of hydrogen-bond donors (Lipinski definition) is 0. The molecular weight excluding hydrogens is 572 g/mol. The van der Waals surface area contributed by atoms with Crippen molar-refractivity contribution in [1.82, 2.24) is 9.80 Å². The lowest BCUT2D eigenvalue weighted by molar-refractivity contribution is -0.576. The smallest absolute Gasteiger partial charge is 0.308 e. The van der Waals surface area contributed by atoms with Gasteiger partial charge >= 0.3 is 5.97 Å². The Morgan fingerprint density at radius 2 is 1.53 bits per heavy atom. The van der Waals surface area contributed by atoms with Crippen LogP contribution in [0.3, 0.4) is 0 Å². The van der Waals surface area contributed by atoms with Gasteiger partial charge in [-0.2, -0.15) is 0 Å². The van der Waals surface area contributed by atoms with Gasteiger partial charge in [-0.05, 0) is 49.1 Å². The average Bonchev–Trinajstić information content (AvgIpc) is 3.29. The Morgan fingerprint density at radius 1 is 0.867 bits per heavy atom. The number of carbonyl (C=O) groups excluding carboxylic acids is 2. The number of amides is 1. The van der Waals surface area contributed by atoms with Gasteiger partial charge < -0.3 is 19.1 Å². The van der Waals surface area contributed by atoms with Gasteiger partial charge in [0.15, 0.2) is 11.9 Å². The van der Waals surface area contributed by atoms with E-state index in [-0.39, 0.29) is 42.5 Å². The predicted octanol–water partition coefficient (Wildman–Crippen LogP) is 5.45. The summed E-state index contributed by atoms with van der Waals surface area (Å²) in [6.07, 6.45) is 2.38. The molecule has 2 bridgehead atoms. The molecule has 0 aromatic heterocycles. The van der Waals surface area contributed by atoms with Crippen molar-refractivity contribution in [2.75, 3.05) is 26.2 Å². The molecule has 1 aliphatic carbocycles. The van der Waals surface area contributed by atoms with Crippen LogP contribution in [0.25, 0.3) is 0 Å². The third-order valence-corrected chi connectivity index (χ3v) is 11.2. The summed E-state index contributed by atoms with van der Waals surface area (Å²) in [6, 6.07) is 21.2. The molecule has 1 amide bonds. The topological polar surface area (TPSA) is 86.8 Å². The largest absolute Gasteiger partial charge is 0.435 e. The highest BCUT2D eigenvalue weighted by Gasteiger charge is 2.69. The van der Waals surface area contributed by atoms with Crippen molar-refractivity contribution < 1.29 is 33.6 Å². The summed E-state index contributed by atoms with van der Waals surface area (Å²) in [5.41, 5.74) is 1.78. The van der Waals surface area contributed by atoms with Gasteiger partial charge in [-0.3, -0.25) is 14.5 Å². The molecule has 242 valence electrons. The van der Waals surface area contributed by atoms with E-state index < -0.39 is 29.9 Å². The van der Waals surface area contributed by atoms with Gasteiger partial charge in [0.1, 0.15) is 0 Å². The Hall–Kier alpha value is -2.82. The van der Waals surface area contributed by atoms with E-state index in [1.807, 2.05) is 24.0 Å². The molecule has 8 atom stereocenters. The Morgan fingerprint density at radius 3 is 2.20 bits per heavy atom. The van der Waals surface area contributed by atoms with Crippen molar-refractivity contribution in [2.45, 2.75) is 89.3 Å². The minimum Gasteiger partial charge on any atom is -0.435 e. The number of rotatable bonds is 7. The van der Waals surface area contributed by atoms with Gasteiger partial charge in [-0.15, -0.1) is 0 Å². The summed E-state index contributed by atoms with van der Waals surface area (Å²) in [5.74, 6) is -0.643. The molecule has 2 aromatic carbocycles. The number of hydrogen-bond acceptors (Lipinski definition) is 8. The van der Waals surface area contributed by atoms with E-state index in [1.165, 1.54) is 11.1 Å². The number of ether oxygens (including phenoxy) is 3. The molecule has 5 heterocycles. The molecule has 2 aromatic rings. The standard InChI is InChI=1S/C36H46N2O7/c1-24-14-15-29-25(2)33(42-34-36(29)28(24)18-19-35(3,43-34)44-45-36)41-31(40)17-16-30(39)37-20-22-38(23-21-37)32(26-10-6-4-7-11-26)27-12-8-5-9-13-27/h4-13,24-25,28-29,32-34H,14-23H2,1-3H3/t24-,25-,28+,29-,33+,34-,35-,36-/m1/s1. The van der Waals surface area contributed by atoms with E-state index in [1.54, 1.807) is 0 Å². The summed E-state index contributed by atoms with van der Waals surface area (Å²) in [6.45, 7) is 8.97. The maximum absolute atomic E-state index is 13.2. The molecule has 0 N–H and O–H groups in total. The molecule has 45 heavy (non-hydrogen) atoms. The van der Waals surface area contributed by atoms with E-state index in [0.717, 1.165) is 38.8 Å². The molecule has 6 aliphatic rings. The highest BCUT2D eigenvalue weighted by atomic mass is 17.3. The van der Waals surface area contributed by atoms with Gasteiger partial charge in [-0.25, -0.2) is 9.78 Å². The molecule has 9 nitrogen and oxygen atoms in total. The molecule has 8 rings (SSSR count). The molecule has 1 saturated carbocycles. The van der Waals surface area contributed by atoms with Crippen molar-refractivity contribution in [3.63, 3.8) is 0 Å². The van der Waals surface area contributed by atoms with E-state index in [4.69, 9.17) is 24.0 Å². The predicted molar refractivity (Wildman–Crippen MR) is 165 cm³/mol. The monoisotopic (exact) mass is 618 g/mol. The van der Waals surface area contributed by atoms with Crippen LogP contribution in [0.1, 0.15) is 76.5 Å². The third-order valence-electron chi connectivity index (χ3n) is 11.2. The van der Waals surface area contributed by atoms with Crippen molar-refractivity contribution in [3.05, 3.63) is 71.8 Å². The highest BCUT2D eigenvalue weighted by Crippen LogP contribution is 2.60. The van der Waals surface area contributed by atoms with Crippen molar-refractivity contribution in [2.24, 2.45) is 23.7 Å². The van der Waals surface area contributed by atoms with E-state index >= 15 is 0 Å². The van der Waals surface area contributed by atoms with Crippen LogP contribution >= 0.6 is 0 Å². The second kappa shape index (κ2) is 12.4. The highest BCUT2D eigenvalue weighted by molar-refractivity contribution is 5.81. The van der Waals surface area contributed by atoms with Crippen molar-refractivity contribution >= 4 is 11.9 Å². The molecule has 0 radical (unpaired) electrons. The van der Waals surface area contributed by atoms with E-state index in [0.29, 0.717) is 19.0 Å². The van der Waals surface area contributed by atoms with Crippen molar-refractivity contribution in [3.8, 4) is 0 Å². The number of nitrogens with zero attached hydrogens (tertiary/aromatic N) is 2. The Labute approximate surface area is 266 Å². The molecule has 6 fully saturated rings. The van der Waals surface area contributed by atoms with Crippen LogP contribution < -0.4 is 0 Å². The maximum Gasteiger partial charge on any atom is 0.308 e. The molecule has 9 heteroatoms. The van der Waals surface area contributed by atoms with Gasteiger partial charge in [0.2, 0.25) is 18.0 Å². The van der Waals surface area contributed by atoms with Crippen LogP contribution in [0.5, 0.6) is 0 Å². The van der Waals surface area contributed by atoms with Crippen LogP contribution in [0, 0.1) is 23.7 Å². The zero-order valence-electron chi connectivity index (χ0n) is 26.6. The first-order valence-corrected chi connectivity index (χ1v) is 16.8. The quantitative estimate of drug-likeness (QED) is 0.299. The van der Waals surface area contributed by atoms with Crippen LogP contribution in [-0.2, 0) is 33.6 Å². The van der Waals surface area contributed by atoms with Gasteiger partial charge in [0.25, 0.3) is 0 Å². The fourth-order valence-electron chi connectivity index (χ4n) is 8.68. The lowest BCUT2D eigenvalue weighted by Crippen LogP contribution is -2.70. The molecule has 1 spiro atoms. The van der Waals surface area contributed by atoms with Crippen molar-refractivity contribution in [1.29, 1.82) is 0 Å². The number of carbonyl (C=O) groups is 2. The number of fused-ring (bicyclic) bond motifs is 2. The van der Waals surface area contributed by atoms with E-state index in [9.17, 15) is 9.59 Å². The average molecular weight is 619 g/mol. The Balaban J connectivity index is 0.942. The van der Waals surface area contributed by atoms with Crippen LogP contribution in [0.4, 0.5) is 0 Å². The fraction of sp³-hybridized carbons (Fsp3) is 0.611. The van der Waals surface area contributed by atoms with Gasteiger partial charge in [-0.1, -0.05) is 74.5 Å². The SMILES string of the molecule is C[C@H]1[C@@H](OC(=O)CCC(=O)N2CCN(C(c3ccccc3)c3ccccc3)CC2)O[C@@H]2O[C@@]3(C)CC[C@H]4[C@H](C)CC[C@H]1[C@@]24OO3. The van der Waals surface area contributed by atoms with E-state index in [2.05, 4.69) is 67.3 Å². The van der Waals surface area contributed by atoms with Gasteiger partial charge in [0.05, 0.1) is 12.5 Å². The zero-order valence-corrected chi connectivity index (χ0v) is 26.6. The van der Waals surface area contributed by atoms with Crippen LogP contribution in [0.15, 0.2) is 60.7 Å². The summed E-state index contributed by atoms with van der Waals surface area (Å²) < 4.78 is 18.7. The first kappa shape index (κ1) is 30.8. The number of piperazine rings is 1. The Bertz CT molecular complexity index is 1310. The van der Waals surface area contributed by atoms with Gasteiger partial charge in [0, 0.05) is 50.9 Å². The van der Waals surface area contributed by atoms with Crippen LogP contribution in [-0.4, -0.2) is 71.8 Å². The second-order valence-electron chi connectivity index (χ2n) is 13.9. The lowest BCUT2D eigenvalue weighted by atomic mass is 9.58. The molecule has 5 saturated heterocycles. The normalized spacial score (nSPS) is 36.3. The summed E-state index contributed by atoms with van der Waals surface area (Å²) in [4.78, 5) is 42.7. The molecule has 0 unspecified atom stereocenters. The third kappa shape index (κ3) is 5.71. The second-order valence-corrected chi connectivity index (χ2v) is 13.9. The minimum atomic E-state index is -0.884. The fourth-order valence-corrected chi connectivity index (χ4v) is 8.68. The molecular formula is C36H46N2O7. The Kier molecular flexibility index (Phi) is 8.50. The maximum atomic E-state index is 13.2. The summed E-state index contributed by atoms with van der Waals surface area (Å²) in [7, 11) is 0. The summed E-state index contributed by atoms with van der Waals surface area (Å²) >= 11 is 0. The molecule has 5 aliphatic heterocycles. The summed E-state index contributed by atoms with van der Waals surface area (Å²) in [5, 5.41) is 0. The lowest BCUT2D eigenvalue weighted by Gasteiger charge is -2.59. The minimum absolute atomic E-state index is 0.0145. The van der Waals surface area contributed by atoms with Crippen LogP contribution in [0.2, 0.25) is 0 Å². The first-order valence-electron chi connectivity index (χ1n) is 16.8. The first-order chi connectivity index (χ1) is 21.8.